The summed E-state index contributed by atoms with van der Waals surface area (Å²) in [6.45, 7) is 9.49. The highest BCUT2D eigenvalue weighted by atomic mass is 35.5. The van der Waals surface area contributed by atoms with Crippen LogP contribution in [0.5, 0.6) is 5.75 Å². The summed E-state index contributed by atoms with van der Waals surface area (Å²) in [6.07, 6.45) is 0. The Labute approximate surface area is 201 Å². The lowest BCUT2D eigenvalue weighted by Crippen LogP contribution is -2.40. The maximum Gasteiger partial charge on any atom is 0.278 e. The maximum atomic E-state index is 13.5. The molecular formula is C26H28ClNO4S. The summed E-state index contributed by atoms with van der Waals surface area (Å²) in [4.78, 5) is 13.3. The van der Waals surface area contributed by atoms with Gasteiger partial charge in [0.1, 0.15) is 5.75 Å². The normalized spacial score (nSPS) is 11.8. The van der Waals surface area contributed by atoms with E-state index < -0.39 is 22.5 Å². The molecule has 3 rings (SSSR count). The number of carbonyl (C=O) groups excluding carboxylic acids is 1. The van der Waals surface area contributed by atoms with Gasteiger partial charge in [0, 0.05) is 5.02 Å². The summed E-state index contributed by atoms with van der Waals surface area (Å²) in [5.74, 6) is -0.209. The van der Waals surface area contributed by atoms with Gasteiger partial charge in [-0.1, -0.05) is 56.6 Å². The first-order chi connectivity index (χ1) is 15.4. The van der Waals surface area contributed by atoms with Gasteiger partial charge in [0.05, 0.1) is 10.6 Å². The molecule has 0 saturated carbocycles. The number of anilines is 1. The number of aryl methyl sites for hydroxylation is 2. The molecule has 0 fully saturated rings. The molecular weight excluding hydrogens is 458 g/mol. The quantitative estimate of drug-likeness (QED) is 0.426. The Kier molecular flexibility index (Phi) is 7.20. The molecule has 0 N–H and O–H groups in total. The number of amides is 1. The number of benzene rings is 3. The fourth-order valence-electron chi connectivity index (χ4n) is 3.30. The van der Waals surface area contributed by atoms with Crippen molar-refractivity contribution in [1.29, 1.82) is 0 Å². The van der Waals surface area contributed by atoms with Gasteiger partial charge in [-0.2, -0.15) is 4.31 Å². The van der Waals surface area contributed by atoms with Crippen LogP contribution in [-0.2, 0) is 20.2 Å². The number of rotatable bonds is 6. The van der Waals surface area contributed by atoms with Gasteiger partial charge in [-0.15, -0.1) is 0 Å². The molecule has 3 aromatic rings. The zero-order valence-electron chi connectivity index (χ0n) is 19.4. The Bertz CT molecular complexity index is 1240. The molecule has 0 spiro atoms. The summed E-state index contributed by atoms with van der Waals surface area (Å²) in [6, 6.07) is 18.5. The number of carbonyl (C=O) groups is 1. The summed E-state index contributed by atoms with van der Waals surface area (Å²) in [5, 5.41) is 0.403. The predicted octanol–water partition coefficient (Wildman–Crippen LogP) is 6.06. The van der Waals surface area contributed by atoms with E-state index in [4.69, 9.17) is 16.3 Å². The molecule has 0 heterocycles. The molecule has 3 aromatic carbocycles. The van der Waals surface area contributed by atoms with Crippen LogP contribution in [0, 0.1) is 13.8 Å². The Hall–Kier alpha value is -2.83. The predicted molar refractivity (Wildman–Crippen MR) is 133 cm³/mol. The van der Waals surface area contributed by atoms with Crippen LogP contribution in [0.2, 0.25) is 5.02 Å². The lowest BCUT2D eigenvalue weighted by atomic mass is 9.87. The minimum atomic E-state index is -4.19. The molecule has 0 radical (unpaired) electrons. The third kappa shape index (κ3) is 5.75. The monoisotopic (exact) mass is 485 g/mol. The second-order valence-electron chi connectivity index (χ2n) is 8.97. The molecule has 0 aromatic heterocycles. The van der Waals surface area contributed by atoms with E-state index in [0.29, 0.717) is 22.0 Å². The highest BCUT2D eigenvalue weighted by Gasteiger charge is 2.32. The Morgan fingerprint density at radius 1 is 0.939 bits per heavy atom. The number of sulfonamides is 1. The van der Waals surface area contributed by atoms with Crippen molar-refractivity contribution in [2.45, 2.75) is 44.9 Å². The van der Waals surface area contributed by atoms with Crippen LogP contribution in [0.1, 0.15) is 37.5 Å². The van der Waals surface area contributed by atoms with Gasteiger partial charge in [0.15, 0.2) is 6.61 Å². The smallest absolute Gasteiger partial charge is 0.278 e. The van der Waals surface area contributed by atoms with E-state index in [1.807, 2.05) is 25.1 Å². The lowest BCUT2D eigenvalue weighted by Gasteiger charge is -2.25. The topological polar surface area (TPSA) is 63.7 Å². The van der Waals surface area contributed by atoms with Gasteiger partial charge in [0.25, 0.3) is 15.9 Å². The van der Waals surface area contributed by atoms with Gasteiger partial charge in [-0.05, 0) is 78.4 Å². The van der Waals surface area contributed by atoms with Crippen LogP contribution in [-0.4, -0.2) is 20.9 Å². The van der Waals surface area contributed by atoms with Crippen LogP contribution >= 0.6 is 11.6 Å². The zero-order valence-corrected chi connectivity index (χ0v) is 21.0. The van der Waals surface area contributed by atoms with Crippen LogP contribution in [0.4, 0.5) is 5.69 Å². The summed E-state index contributed by atoms with van der Waals surface area (Å²) in [7, 11) is -4.19. The summed E-state index contributed by atoms with van der Waals surface area (Å²) >= 11 is 5.93. The number of hydrogen-bond donors (Lipinski definition) is 0. The third-order valence-electron chi connectivity index (χ3n) is 5.24. The average molecular weight is 486 g/mol. The standard InChI is InChI=1S/C26H28ClNO4S/c1-18-6-7-19(2)24(16-18)28(33(30,31)23-14-10-21(27)11-15-23)25(29)17-32-22-12-8-20(9-13-22)26(3,4)5/h6-16H,17H2,1-5H3. The highest BCUT2D eigenvalue weighted by Crippen LogP contribution is 2.29. The fourth-order valence-corrected chi connectivity index (χ4v) is 4.90. The number of nitrogens with zero attached hydrogens (tertiary/aromatic N) is 1. The molecule has 5 nitrogen and oxygen atoms in total. The molecule has 174 valence electrons. The van der Waals surface area contributed by atoms with Crippen molar-refractivity contribution < 1.29 is 17.9 Å². The molecule has 0 aliphatic heterocycles. The first kappa shape index (κ1) is 24.8. The van der Waals surface area contributed by atoms with Gasteiger partial charge in [-0.25, -0.2) is 8.42 Å². The van der Waals surface area contributed by atoms with Crippen LogP contribution in [0.15, 0.2) is 71.6 Å². The van der Waals surface area contributed by atoms with Crippen molar-refractivity contribution >= 4 is 33.2 Å². The molecule has 0 unspecified atom stereocenters. The maximum absolute atomic E-state index is 13.5. The lowest BCUT2D eigenvalue weighted by molar-refractivity contribution is -0.119. The summed E-state index contributed by atoms with van der Waals surface area (Å²) in [5.41, 5.74) is 2.89. The van der Waals surface area contributed by atoms with Crippen molar-refractivity contribution in [2.75, 3.05) is 10.9 Å². The van der Waals surface area contributed by atoms with Crippen LogP contribution < -0.4 is 9.04 Å². The van der Waals surface area contributed by atoms with E-state index in [0.717, 1.165) is 15.4 Å². The van der Waals surface area contributed by atoms with Gasteiger partial charge >= 0.3 is 0 Å². The minimum absolute atomic E-state index is 0.0134. The van der Waals surface area contributed by atoms with Crippen molar-refractivity contribution in [1.82, 2.24) is 0 Å². The number of ether oxygens (including phenoxy) is 1. The molecule has 33 heavy (non-hydrogen) atoms. The number of halogens is 1. The Morgan fingerprint density at radius 2 is 1.55 bits per heavy atom. The Morgan fingerprint density at radius 3 is 2.12 bits per heavy atom. The summed E-state index contributed by atoms with van der Waals surface area (Å²) < 4.78 is 33.5. The number of hydrogen-bond acceptors (Lipinski definition) is 4. The van der Waals surface area contributed by atoms with E-state index >= 15 is 0 Å². The molecule has 0 atom stereocenters. The first-order valence-electron chi connectivity index (χ1n) is 10.5. The average Bonchev–Trinajstić information content (AvgIpc) is 2.74. The van der Waals surface area contributed by atoms with Crippen LogP contribution in [0.25, 0.3) is 0 Å². The van der Waals surface area contributed by atoms with Crippen molar-refractivity contribution in [3.8, 4) is 5.75 Å². The molecule has 0 bridgehead atoms. The molecule has 0 aliphatic rings. The van der Waals surface area contributed by atoms with Gasteiger partial charge in [-0.3, -0.25) is 4.79 Å². The zero-order chi connectivity index (χ0) is 24.4. The molecule has 0 saturated heterocycles. The second kappa shape index (κ2) is 9.57. The largest absolute Gasteiger partial charge is 0.484 e. The van der Waals surface area contributed by atoms with E-state index in [9.17, 15) is 13.2 Å². The molecule has 7 heteroatoms. The van der Waals surface area contributed by atoms with Crippen molar-refractivity contribution in [3.05, 3.63) is 88.4 Å². The SMILES string of the molecule is Cc1ccc(C)c(N(C(=O)COc2ccc(C(C)(C)C)cc2)S(=O)(=O)c2ccc(Cl)cc2)c1. The van der Waals surface area contributed by atoms with Gasteiger partial charge < -0.3 is 4.74 Å². The van der Waals surface area contributed by atoms with Gasteiger partial charge in [0.2, 0.25) is 0 Å². The van der Waals surface area contributed by atoms with Crippen molar-refractivity contribution in [2.24, 2.45) is 0 Å². The van der Waals surface area contributed by atoms with E-state index in [2.05, 4.69) is 20.8 Å². The highest BCUT2D eigenvalue weighted by molar-refractivity contribution is 7.93. The van der Waals surface area contributed by atoms with E-state index in [1.54, 1.807) is 31.2 Å². The first-order valence-corrected chi connectivity index (χ1v) is 12.4. The Balaban J connectivity index is 1.94. The third-order valence-corrected chi connectivity index (χ3v) is 7.25. The van der Waals surface area contributed by atoms with E-state index in [1.165, 1.54) is 24.3 Å². The molecule has 1 amide bonds. The molecule has 0 aliphatic carbocycles. The fraction of sp³-hybridized carbons (Fsp3) is 0.269. The van der Waals surface area contributed by atoms with Crippen LogP contribution in [0.3, 0.4) is 0 Å². The minimum Gasteiger partial charge on any atom is -0.484 e. The van der Waals surface area contributed by atoms with Crippen molar-refractivity contribution in [3.63, 3.8) is 0 Å². The second-order valence-corrected chi connectivity index (χ2v) is 11.2. The van der Waals surface area contributed by atoms with E-state index in [-0.39, 0.29) is 10.3 Å².